The van der Waals surface area contributed by atoms with E-state index in [4.69, 9.17) is 61.0 Å². The van der Waals surface area contributed by atoms with Gasteiger partial charge in [0.05, 0.1) is 81.9 Å². The number of benzene rings is 7. The van der Waals surface area contributed by atoms with Gasteiger partial charge in [-0.1, -0.05) is 171 Å². The molecular weight excluding hydrogens is 1430 g/mol. The second kappa shape index (κ2) is 40.4. The highest BCUT2D eigenvalue weighted by Crippen LogP contribution is 2.39. The summed E-state index contributed by atoms with van der Waals surface area (Å²) < 4.78 is 113. The Morgan fingerprint density at radius 1 is 0.431 bits per heavy atom. The summed E-state index contributed by atoms with van der Waals surface area (Å²) in [6.07, 6.45) is -20.3. The highest BCUT2D eigenvalue weighted by atomic mass is 32.2. The zero-order valence-corrected chi connectivity index (χ0v) is 60.6. The van der Waals surface area contributed by atoms with Gasteiger partial charge in [-0.05, 0) is 89.5 Å². The average molecular weight is 1520 g/mol. The van der Waals surface area contributed by atoms with Crippen LogP contribution < -0.4 is 21.3 Å². The Hall–Kier alpha value is -9.25. The Morgan fingerprint density at radius 3 is 1.35 bits per heavy atom. The van der Waals surface area contributed by atoms with Crippen LogP contribution in [-0.4, -0.2) is 205 Å². The third-order valence-corrected chi connectivity index (χ3v) is 20.0. The third-order valence-electron chi connectivity index (χ3n) is 18.7. The molecule has 3 heterocycles. The Morgan fingerprint density at radius 2 is 0.853 bits per heavy atom. The average Bonchev–Trinajstić information content (AvgIpc) is 0.779. The maximum atomic E-state index is 14.8. The summed E-state index contributed by atoms with van der Waals surface area (Å²) >= 11 is 0. The van der Waals surface area contributed by atoms with Crippen molar-refractivity contribution in [2.24, 2.45) is 5.92 Å². The molecule has 109 heavy (non-hydrogen) atoms. The van der Waals surface area contributed by atoms with E-state index in [9.17, 15) is 52.5 Å². The molecule has 4 fully saturated rings. The Kier molecular flexibility index (Phi) is 30.0. The predicted molar refractivity (Wildman–Crippen MR) is 387 cm³/mol. The fraction of sp³-hybridized carbons (Fsp3) is 0.400. The first-order valence-electron chi connectivity index (χ1n) is 36.0. The molecule has 3 saturated heterocycles. The number of hydrogen-bond acceptors (Lipinski definition) is 24. The molecular formula is C80H90N4O24S. The van der Waals surface area contributed by atoms with Crippen LogP contribution in [0.1, 0.15) is 79.0 Å². The topological polar surface area (TPSA) is 365 Å². The molecule has 15 atom stereocenters. The maximum Gasteiger partial charge on any atom is 0.338 e. The van der Waals surface area contributed by atoms with Gasteiger partial charge < -0.3 is 93.4 Å². The summed E-state index contributed by atoms with van der Waals surface area (Å²) in [5, 5.41) is 45.6. The molecule has 0 bridgehead atoms. The molecule has 28 nitrogen and oxygen atoms in total. The molecule has 1 saturated carbocycles. The van der Waals surface area contributed by atoms with Crippen LogP contribution in [0.3, 0.4) is 0 Å². The minimum absolute atomic E-state index is 0.0207. The lowest BCUT2D eigenvalue weighted by molar-refractivity contribution is -0.388. The largest absolute Gasteiger partial charge is 0.450 e. The van der Waals surface area contributed by atoms with Gasteiger partial charge in [-0.3, -0.25) is 23.4 Å². The summed E-state index contributed by atoms with van der Waals surface area (Å²) in [5.74, 6) is -3.85. The van der Waals surface area contributed by atoms with Gasteiger partial charge in [0.1, 0.15) is 61.0 Å². The van der Waals surface area contributed by atoms with Crippen LogP contribution >= 0.6 is 0 Å². The summed E-state index contributed by atoms with van der Waals surface area (Å²) in [5.41, 5.74) is 3.12. The molecule has 7 aromatic carbocycles. The van der Waals surface area contributed by atoms with Crippen LogP contribution in [0, 0.1) is 5.92 Å². The number of carbonyl (C=O) groups excluding carboxylic acids is 6. The number of ether oxygens (including phenoxy) is 12. The van der Waals surface area contributed by atoms with Crippen molar-refractivity contribution < 1.29 is 114 Å². The van der Waals surface area contributed by atoms with Crippen molar-refractivity contribution in [2.75, 3.05) is 53.1 Å². The Balaban J connectivity index is 0.848. The quantitative estimate of drug-likeness (QED) is 0.0191. The fourth-order valence-electron chi connectivity index (χ4n) is 12.9. The first-order chi connectivity index (χ1) is 53.0. The van der Waals surface area contributed by atoms with Crippen molar-refractivity contribution >= 4 is 45.7 Å². The van der Waals surface area contributed by atoms with E-state index < -0.39 is 163 Å². The van der Waals surface area contributed by atoms with Gasteiger partial charge in [-0.25, -0.2) is 9.59 Å². The number of carbonyl (C=O) groups is 6. The number of aliphatic hydroxyl groups excluding tert-OH is 3. The number of aliphatic hydroxyl groups is 3. The molecule has 0 radical (unpaired) electrons. The van der Waals surface area contributed by atoms with Crippen molar-refractivity contribution in [3.8, 4) is 0 Å². The van der Waals surface area contributed by atoms with Crippen LogP contribution in [0.5, 0.6) is 0 Å². The molecule has 7 N–H and O–H groups in total. The Labute approximate surface area is 630 Å². The molecule has 7 aromatic rings. The summed E-state index contributed by atoms with van der Waals surface area (Å²) in [6.45, 7) is -2.78. The predicted octanol–water partition coefficient (Wildman–Crippen LogP) is 5.39. The van der Waals surface area contributed by atoms with Crippen molar-refractivity contribution in [2.45, 2.75) is 149 Å². The molecule has 0 spiro atoms. The zero-order chi connectivity index (χ0) is 76.5. The molecule has 11 rings (SSSR count). The second-order valence-corrected chi connectivity index (χ2v) is 28.1. The van der Waals surface area contributed by atoms with E-state index in [1.165, 1.54) is 19.2 Å². The van der Waals surface area contributed by atoms with Gasteiger partial charge in [0.15, 0.2) is 31.1 Å². The number of esters is 2. The zero-order valence-electron chi connectivity index (χ0n) is 59.8. The molecule has 1 aliphatic carbocycles. The van der Waals surface area contributed by atoms with Crippen molar-refractivity contribution in [3.05, 3.63) is 245 Å². The molecule has 0 aromatic heterocycles. The Bertz CT molecular complexity index is 4120. The van der Waals surface area contributed by atoms with Gasteiger partial charge >= 0.3 is 11.9 Å². The normalized spacial score (nSPS) is 24.9. The number of hydrogen-bond donors (Lipinski definition) is 7. The van der Waals surface area contributed by atoms with E-state index in [0.717, 1.165) is 66.6 Å². The van der Waals surface area contributed by atoms with Crippen LogP contribution in [-0.2, 0) is 112 Å². The van der Waals surface area contributed by atoms with Gasteiger partial charge in [0.25, 0.3) is 16.0 Å². The van der Waals surface area contributed by atoms with E-state index in [1.54, 1.807) is 72.8 Å². The van der Waals surface area contributed by atoms with Crippen LogP contribution in [0.25, 0.3) is 0 Å². The van der Waals surface area contributed by atoms with Gasteiger partial charge in [-0.2, -0.15) is 8.42 Å². The maximum absolute atomic E-state index is 14.8. The minimum atomic E-state index is -4.72. The number of methoxy groups -OCH3 is 1. The molecule has 0 unspecified atom stereocenters. The molecule has 580 valence electrons. The highest BCUT2D eigenvalue weighted by molar-refractivity contribution is 7.86. The van der Waals surface area contributed by atoms with Crippen molar-refractivity contribution in [1.29, 1.82) is 0 Å². The molecule has 4 amide bonds. The summed E-state index contributed by atoms with van der Waals surface area (Å²) in [6, 6.07) is 57.4. The fourth-order valence-corrected chi connectivity index (χ4v) is 13.8. The monoisotopic (exact) mass is 1520 g/mol. The van der Waals surface area contributed by atoms with Crippen molar-refractivity contribution in [3.63, 3.8) is 0 Å². The first kappa shape index (κ1) is 80.8. The SMILES string of the molecule is CO[C@H]1O[C@H](COS(=O)(=O)c2ccc(C(=O)NCC(=O)NCC(=O)NCC(=O)NCC3CCCC3)cc2)[C@@H](O)[C@H](O)[C@H]1O[C@@H]1O[C@H](CO)[C@@H](OCc2ccccc2)[C@H](O[C@@H]2O[C@H](COCc3ccccc3)[C@@H](OCc3ccccc3)[C@H](OCc3ccccc3)[C@H]2OC(=O)c2ccccc2)[C@H]1OC(=O)c1ccccc1. The van der Waals surface area contributed by atoms with E-state index in [1.807, 2.05) is 97.1 Å². The lowest BCUT2D eigenvalue weighted by Gasteiger charge is -2.50. The number of amides is 4. The molecule has 3 aliphatic heterocycles. The third kappa shape index (κ3) is 22.9. The van der Waals surface area contributed by atoms with E-state index >= 15 is 0 Å². The smallest absolute Gasteiger partial charge is 0.338 e. The number of nitrogens with one attached hydrogen (secondary N) is 4. The minimum Gasteiger partial charge on any atom is -0.450 e. The lowest BCUT2D eigenvalue weighted by Crippen LogP contribution is -2.68. The van der Waals surface area contributed by atoms with E-state index in [-0.39, 0.29) is 62.2 Å². The molecule has 4 aliphatic rings. The van der Waals surface area contributed by atoms with Crippen LogP contribution in [0.4, 0.5) is 0 Å². The second-order valence-electron chi connectivity index (χ2n) is 26.4. The lowest BCUT2D eigenvalue weighted by atomic mass is 9.95. The summed E-state index contributed by atoms with van der Waals surface area (Å²) in [7, 11) is -3.56. The van der Waals surface area contributed by atoms with Gasteiger partial charge in [-0.15, -0.1) is 0 Å². The van der Waals surface area contributed by atoms with Crippen LogP contribution in [0.2, 0.25) is 0 Å². The van der Waals surface area contributed by atoms with E-state index in [2.05, 4.69) is 21.3 Å². The summed E-state index contributed by atoms with van der Waals surface area (Å²) in [4.78, 5) is 79.3. The van der Waals surface area contributed by atoms with Crippen molar-refractivity contribution in [1.82, 2.24) is 21.3 Å². The first-order valence-corrected chi connectivity index (χ1v) is 37.4. The highest BCUT2D eigenvalue weighted by Gasteiger charge is 2.58. The molecule has 29 heteroatoms. The van der Waals surface area contributed by atoms with Gasteiger partial charge in [0, 0.05) is 19.2 Å². The standard InChI is InChI=1S/C80H90N4O24S/c1-96-78-70(67(90)66(89)61(103-78)50-101-109(94,95)59-38-36-56(37-39-59)75(91)84-43-65(88)83-42-64(87)82-41-63(86)81-40-51-22-20-21-23-51)107-80-74(106-77(93)58-34-18-7-19-35-58)72(68(60(44-85)102-80)98-46-53-26-10-3-11-27-53)108-79-73(105-76(92)57-32-16-6-17-33-57)71(100-48-55-30-14-5-15-31-55)69(99-47-54-28-12-4-13-29-54)62(104-79)49-97-45-52-24-8-2-9-25-52/h2-19,24-39,51,60-62,66-74,78-80,85,89-90H,20-23,40-50H2,1H3,(H,81,86)(H,82,87)(H,83,88)(H,84,91)/t60-,61-,62-,66-,67+,68-,69-,70-,71+,72+,73-,74-,78+,79+,80+/m1/s1. The van der Waals surface area contributed by atoms with Crippen LogP contribution in [0.15, 0.2) is 211 Å². The van der Waals surface area contributed by atoms with Gasteiger partial charge in [0.2, 0.25) is 17.7 Å². The number of rotatable bonds is 36. The van der Waals surface area contributed by atoms with E-state index in [0.29, 0.717) is 18.0 Å².